The predicted octanol–water partition coefficient (Wildman–Crippen LogP) is 2.87. The fraction of sp³-hybridized carbons (Fsp3) is 0.273. The van der Waals surface area contributed by atoms with Crippen LogP contribution in [0.3, 0.4) is 0 Å². The highest BCUT2D eigenvalue weighted by Crippen LogP contribution is 2.36. The number of H-pyrrole nitrogens is 1. The van der Waals surface area contributed by atoms with Gasteiger partial charge in [-0.2, -0.15) is 5.10 Å². The van der Waals surface area contributed by atoms with Gasteiger partial charge in [0.25, 0.3) is 5.91 Å². The number of fused-ring (bicyclic) bond motifs is 2. The van der Waals surface area contributed by atoms with Gasteiger partial charge in [0.2, 0.25) is 6.79 Å². The number of aromatic amines is 1. The number of piperidine rings is 1. The molecule has 1 aromatic carbocycles. The largest absolute Gasteiger partial charge is 0.454 e. The first kappa shape index (κ1) is 17.9. The molecule has 9 heteroatoms. The van der Waals surface area contributed by atoms with Gasteiger partial charge in [0, 0.05) is 30.8 Å². The van der Waals surface area contributed by atoms with Crippen molar-refractivity contribution in [2.45, 2.75) is 18.8 Å². The summed E-state index contributed by atoms with van der Waals surface area (Å²) >= 11 is 0. The average Bonchev–Trinajstić information content (AvgIpc) is 3.57. The Bertz CT molecular complexity index is 1280. The summed E-state index contributed by atoms with van der Waals surface area (Å²) in [5, 5.41) is 15.8. The molecule has 1 saturated heterocycles. The molecule has 3 aromatic heterocycles. The summed E-state index contributed by atoms with van der Waals surface area (Å²) in [6, 6.07) is 11.5. The standard InChI is InChI=1S/C22H20N6O3/c29-22(16-11-23-25-20(16)14-6-7-17-18(10-14)31-13-30-17)27-8-3-4-15(12-27)21-26-24-19-5-1-2-9-28(19)21/h1-2,5-7,9-11,15H,3-4,8,12-13H2,(H,23,25). The molecule has 1 unspecified atom stereocenters. The first-order chi connectivity index (χ1) is 15.3. The number of hydrogen-bond acceptors (Lipinski definition) is 6. The van der Waals surface area contributed by atoms with E-state index in [0.29, 0.717) is 35.8 Å². The first-order valence-corrected chi connectivity index (χ1v) is 10.3. The van der Waals surface area contributed by atoms with Gasteiger partial charge in [-0.25, -0.2) is 0 Å². The van der Waals surface area contributed by atoms with Crippen LogP contribution in [0.4, 0.5) is 0 Å². The van der Waals surface area contributed by atoms with Crippen molar-refractivity contribution >= 4 is 11.6 Å². The maximum absolute atomic E-state index is 13.4. The molecular weight excluding hydrogens is 396 g/mol. The molecule has 6 rings (SSSR count). The minimum absolute atomic E-state index is 0.0417. The number of rotatable bonds is 3. The van der Waals surface area contributed by atoms with Crippen molar-refractivity contribution in [1.82, 2.24) is 29.7 Å². The lowest BCUT2D eigenvalue weighted by Crippen LogP contribution is -2.39. The number of pyridine rings is 1. The molecule has 31 heavy (non-hydrogen) atoms. The number of aromatic nitrogens is 5. The molecular formula is C22H20N6O3. The summed E-state index contributed by atoms with van der Waals surface area (Å²) in [6.07, 6.45) is 5.45. The molecule has 0 saturated carbocycles. The summed E-state index contributed by atoms with van der Waals surface area (Å²) in [7, 11) is 0. The van der Waals surface area contributed by atoms with E-state index in [2.05, 4.69) is 20.4 Å². The monoisotopic (exact) mass is 416 g/mol. The molecule has 0 aliphatic carbocycles. The van der Waals surface area contributed by atoms with E-state index < -0.39 is 0 Å². The van der Waals surface area contributed by atoms with Crippen LogP contribution in [-0.4, -0.2) is 55.5 Å². The van der Waals surface area contributed by atoms with Crippen LogP contribution in [-0.2, 0) is 0 Å². The molecule has 1 atom stereocenters. The molecule has 2 aliphatic heterocycles. The van der Waals surface area contributed by atoms with Gasteiger partial charge in [0.1, 0.15) is 5.82 Å². The second kappa shape index (κ2) is 7.12. The minimum Gasteiger partial charge on any atom is -0.454 e. The Kier molecular flexibility index (Phi) is 4.12. The molecule has 5 heterocycles. The lowest BCUT2D eigenvalue weighted by Gasteiger charge is -2.32. The zero-order valence-electron chi connectivity index (χ0n) is 16.7. The van der Waals surface area contributed by atoms with Crippen molar-refractivity contribution in [3.05, 3.63) is 60.2 Å². The van der Waals surface area contributed by atoms with Gasteiger partial charge in [-0.1, -0.05) is 6.07 Å². The smallest absolute Gasteiger partial charge is 0.257 e. The average molecular weight is 416 g/mol. The maximum Gasteiger partial charge on any atom is 0.257 e. The Morgan fingerprint density at radius 1 is 1.13 bits per heavy atom. The summed E-state index contributed by atoms with van der Waals surface area (Å²) in [5.74, 6) is 2.37. The fourth-order valence-corrected chi connectivity index (χ4v) is 4.40. The highest BCUT2D eigenvalue weighted by Gasteiger charge is 2.30. The molecule has 156 valence electrons. The number of nitrogens with one attached hydrogen (secondary N) is 1. The molecule has 1 N–H and O–H groups in total. The highest BCUT2D eigenvalue weighted by molar-refractivity contribution is 6.00. The fourth-order valence-electron chi connectivity index (χ4n) is 4.40. The van der Waals surface area contributed by atoms with Crippen LogP contribution < -0.4 is 9.47 Å². The Morgan fingerprint density at radius 2 is 2.06 bits per heavy atom. The molecule has 0 spiro atoms. The number of benzene rings is 1. The van der Waals surface area contributed by atoms with E-state index in [0.717, 1.165) is 29.9 Å². The third-order valence-electron chi connectivity index (χ3n) is 5.94. The molecule has 1 fully saturated rings. The topological polar surface area (TPSA) is 97.6 Å². The van der Waals surface area contributed by atoms with E-state index in [1.165, 1.54) is 0 Å². The molecule has 0 radical (unpaired) electrons. The zero-order chi connectivity index (χ0) is 20.8. The second-order valence-corrected chi connectivity index (χ2v) is 7.80. The number of ether oxygens (including phenoxy) is 2. The van der Waals surface area contributed by atoms with Crippen LogP contribution in [0.15, 0.2) is 48.8 Å². The van der Waals surface area contributed by atoms with Gasteiger partial charge in [0.15, 0.2) is 17.1 Å². The van der Waals surface area contributed by atoms with Crippen molar-refractivity contribution in [2.24, 2.45) is 0 Å². The van der Waals surface area contributed by atoms with Gasteiger partial charge in [0.05, 0.1) is 17.5 Å². The Hall–Kier alpha value is -3.88. The van der Waals surface area contributed by atoms with E-state index in [1.807, 2.05) is 51.9 Å². The van der Waals surface area contributed by atoms with E-state index in [9.17, 15) is 4.79 Å². The zero-order valence-corrected chi connectivity index (χ0v) is 16.7. The van der Waals surface area contributed by atoms with Crippen LogP contribution in [0.1, 0.15) is 34.9 Å². The Morgan fingerprint density at radius 3 is 3.03 bits per heavy atom. The summed E-state index contributed by atoms with van der Waals surface area (Å²) in [6.45, 7) is 1.51. The normalized spacial score (nSPS) is 17.9. The quantitative estimate of drug-likeness (QED) is 0.552. The number of likely N-dealkylation sites (tertiary alicyclic amines) is 1. The Labute approximate surface area is 177 Å². The van der Waals surface area contributed by atoms with Crippen molar-refractivity contribution in [2.75, 3.05) is 19.9 Å². The number of hydrogen-bond donors (Lipinski definition) is 1. The number of amides is 1. The Balaban J connectivity index is 1.28. The van der Waals surface area contributed by atoms with E-state index >= 15 is 0 Å². The van der Waals surface area contributed by atoms with Gasteiger partial charge < -0.3 is 14.4 Å². The molecule has 2 aliphatic rings. The van der Waals surface area contributed by atoms with E-state index in [4.69, 9.17) is 9.47 Å². The van der Waals surface area contributed by atoms with Crippen molar-refractivity contribution < 1.29 is 14.3 Å². The maximum atomic E-state index is 13.4. The SMILES string of the molecule is O=C(c1cn[nH]c1-c1ccc2c(c1)OCO2)N1CCCC(c2nnc3ccccn23)C1. The van der Waals surface area contributed by atoms with Gasteiger partial charge in [-0.15, -0.1) is 10.2 Å². The van der Waals surface area contributed by atoms with Crippen molar-refractivity contribution in [3.8, 4) is 22.8 Å². The van der Waals surface area contributed by atoms with E-state index in [1.54, 1.807) is 6.20 Å². The molecule has 9 nitrogen and oxygen atoms in total. The molecule has 4 aromatic rings. The number of nitrogens with zero attached hydrogens (tertiary/aromatic N) is 5. The van der Waals surface area contributed by atoms with Crippen molar-refractivity contribution in [1.29, 1.82) is 0 Å². The van der Waals surface area contributed by atoms with Crippen LogP contribution in [0, 0.1) is 0 Å². The van der Waals surface area contributed by atoms with Gasteiger partial charge in [-0.3, -0.25) is 14.3 Å². The molecule has 0 bridgehead atoms. The third kappa shape index (κ3) is 3.00. The summed E-state index contributed by atoms with van der Waals surface area (Å²) < 4.78 is 12.9. The third-order valence-corrected chi connectivity index (χ3v) is 5.94. The lowest BCUT2D eigenvalue weighted by atomic mass is 9.96. The van der Waals surface area contributed by atoms with E-state index in [-0.39, 0.29) is 18.6 Å². The van der Waals surface area contributed by atoms with Crippen LogP contribution in [0.5, 0.6) is 11.5 Å². The van der Waals surface area contributed by atoms with Gasteiger partial charge in [-0.05, 0) is 43.2 Å². The highest BCUT2D eigenvalue weighted by atomic mass is 16.7. The second-order valence-electron chi connectivity index (χ2n) is 7.80. The minimum atomic E-state index is -0.0417. The first-order valence-electron chi connectivity index (χ1n) is 10.3. The lowest BCUT2D eigenvalue weighted by molar-refractivity contribution is 0.0705. The summed E-state index contributed by atoms with van der Waals surface area (Å²) in [5.41, 5.74) is 2.88. The molecule has 1 amide bonds. The van der Waals surface area contributed by atoms with Crippen LogP contribution >= 0.6 is 0 Å². The van der Waals surface area contributed by atoms with Crippen LogP contribution in [0.25, 0.3) is 16.9 Å². The number of carbonyl (C=O) groups is 1. The van der Waals surface area contributed by atoms with Crippen molar-refractivity contribution in [3.63, 3.8) is 0 Å². The summed E-state index contributed by atoms with van der Waals surface area (Å²) in [4.78, 5) is 15.3. The van der Waals surface area contributed by atoms with Crippen LogP contribution in [0.2, 0.25) is 0 Å². The number of carbonyl (C=O) groups excluding carboxylic acids is 1. The van der Waals surface area contributed by atoms with Gasteiger partial charge >= 0.3 is 0 Å². The predicted molar refractivity (Wildman–Crippen MR) is 111 cm³/mol.